The Hall–Kier alpha value is -1.90. The van der Waals surface area contributed by atoms with E-state index in [1.165, 1.54) is 23.5 Å². The quantitative estimate of drug-likeness (QED) is 0.860. The summed E-state index contributed by atoms with van der Waals surface area (Å²) in [6.45, 7) is 0. The smallest absolute Gasteiger partial charge is 0.335 e. The highest BCUT2D eigenvalue weighted by molar-refractivity contribution is 8.00. The molecule has 20 heavy (non-hydrogen) atoms. The Kier molecular flexibility index (Phi) is 4.72. The fraction of sp³-hybridized carbons (Fsp3) is 0.0667. The van der Waals surface area contributed by atoms with Crippen molar-refractivity contribution in [1.82, 2.24) is 0 Å². The molecule has 0 spiro atoms. The molecule has 5 heteroatoms. The predicted molar refractivity (Wildman–Crippen MR) is 80.5 cm³/mol. The van der Waals surface area contributed by atoms with Gasteiger partial charge in [0, 0.05) is 14.7 Å². The molecular weight excluding hydrogens is 290 g/mol. The molecule has 0 heterocycles. The minimum Gasteiger partial charge on any atom is -0.478 e. The molecule has 0 bridgehead atoms. The van der Waals surface area contributed by atoms with Crippen LogP contribution in [0.3, 0.4) is 0 Å². The van der Waals surface area contributed by atoms with Crippen molar-refractivity contribution in [3.8, 4) is 6.07 Å². The fourth-order valence-electron chi connectivity index (χ4n) is 1.70. The highest BCUT2D eigenvalue weighted by atomic mass is 32.2. The number of benzene rings is 2. The summed E-state index contributed by atoms with van der Waals surface area (Å²) in [5.41, 5.74) is 0.875. The van der Waals surface area contributed by atoms with Gasteiger partial charge in [0.2, 0.25) is 0 Å². The second kappa shape index (κ2) is 6.51. The van der Waals surface area contributed by atoms with Crippen LogP contribution in [-0.2, 0) is 0 Å². The first-order valence-electron chi connectivity index (χ1n) is 5.74. The van der Waals surface area contributed by atoms with E-state index in [0.717, 1.165) is 14.7 Å². The van der Waals surface area contributed by atoms with Gasteiger partial charge in [-0.25, -0.2) is 4.79 Å². The molecule has 100 valence electrons. The van der Waals surface area contributed by atoms with Gasteiger partial charge in [-0.3, -0.25) is 0 Å². The third-order valence-corrected chi connectivity index (χ3v) is 4.46. The Balaban J connectivity index is 2.38. The Morgan fingerprint density at radius 2 is 1.90 bits per heavy atom. The number of carbonyl (C=O) groups is 1. The predicted octanol–water partition coefficient (Wildman–Crippen LogP) is 4.13. The Bertz CT molecular complexity index is 693. The molecule has 2 aromatic carbocycles. The lowest BCUT2D eigenvalue weighted by Gasteiger charge is -2.07. The van der Waals surface area contributed by atoms with Crippen LogP contribution in [-0.4, -0.2) is 17.3 Å². The topological polar surface area (TPSA) is 61.1 Å². The largest absolute Gasteiger partial charge is 0.478 e. The number of aromatic carboxylic acids is 1. The van der Waals surface area contributed by atoms with Gasteiger partial charge in [-0.05, 0) is 36.6 Å². The first-order chi connectivity index (χ1) is 9.65. The van der Waals surface area contributed by atoms with E-state index in [9.17, 15) is 10.1 Å². The summed E-state index contributed by atoms with van der Waals surface area (Å²) in [6, 6.07) is 14.6. The molecule has 0 radical (unpaired) electrons. The zero-order valence-electron chi connectivity index (χ0n) is 10.7. The number of nitriles is 1. The van der Waals surface area contributed by atoms with Gasteiger partial charge in [-0.1, -0.05) is 23.9 Å². The van der Waals surface area contributed by atoms with E-state index in [2.05, 4.69) is 6.07 Å². The van der Waals surface area contributed by atoms with Gasteiger partial charge >= 0.3 is 5.97 Å². The number of carboxylic acids is 1. The molecule has 2 aromatic rings. The molecule has 0 atom stereocenters. The second-order valence-corrected chi connectivity index (χ2v) is 5.84. The molecule has 0 fully saturated rings. The molecule has 2 rings (SSSR count). The Morgan fingerprint density at radius 3 is 2.55 bits per heavy atom. The van der Waals surface area contributed by atoms with Crippen LogP contribution < -0.4 is 0 Å². The normalized spacial score (nSPS) is 10.0. The summed E-state index contributed by atoms with van der Waals surface area (Å²) in [7, 11) is 0. The van der Waals surface area contributed by atoms with E-state index in [0.29, 0.717) is 5.56 Å². The van der Waals surface area contributed by atoms with Crippen LogP contribution >= 0.6 is 23.5 Å². The van der Waals surface area contributed by atoms with Gasteiger partial charge in [0.1, 0.15) is 6.07 Å². The number of nitrogens with zero attached hydrogens (tertiary/aromatic N) is 1. The zero-order chi connectivity index (χ0) is 14.5. The fourth-order valence-corrected chi connectivity index (χ4v) is 3.33. The molecule has 0 unspecified atom stereocenters. The molecule has 0 aromatic heterocycles. The van der Waals surface area contributed by atoms with Gasteiger partial charge < -0.3 is 5.11 Å². The van der Waals surface area contributed by atoms with Gasteiger partial charge in [0.15, 0.2) is 0 Å². The third-order valence-electron chi connectivity index (χ3n) is 2.63. The average molecular weight is 301 g/mol. The van der Waals surface area contributed by atoms with Gasteiger partial charge in [0.25, 0.3) is 0 Å². The van der Waals surface area contributed by atoms with Gasteiger partial charge in [-0.15, -0.1) is 11.8 Å². The highest BCUT2D eigenvalue weighted by Crippen LogP contribution is 2.34. The summed E-state index contributed by atoms with van der Waals surface area (Å²) in [5, 5.41) is 18.3. The van der Waals surface area contributed by atoms with Crippen LogP contribution in [0.5, 0.6) is 0 Å². The number of carboxylic acid groups (broad SMARTS) is 1. The summed E-state index contributed by atoms with van der Waals surface area (Å²) >= 11 is 2.92. The molecular formula is C15H11NO2S2. The van der Waals surface area contributed by atoms with Crippen LogP contribution in [0.4, 0.5) is 0 Å². The maximum atomic E-state index is 11.0. The Morgan fingerprint density at radius 1 is 1.20 bits per heavy atom. The van der Waals surface area contributed by atoms with Crippen molar-refractivity contribution in [2.75, 3.05) is 6.26 Å². The number of thioether (sulfide) groups is 1. The lowest BCUT2D eigenvalue weighted by molar-refractivity contribution is 0.0696. The standard InChI is InChI=1S/C15H11NO2S2/c1-19-13-6-3-7-14(12(13)9-16)20-11-5-2-4-10(8-11)15(17)18/h2-8H,1H3,(H,17,18). The molecule has 0 saturated heterocycles. The van der Waals surface area contributed by atoms with Crippen molar-refractivity contribution in [3.05, 3.63) is 53.6 Å². The van der Waals surface area contributed by atoms with Crippen molar-refractivity contribution in [2.45, 2.75) is 14.7 Å². The van der Waals surface area contributed by atoms with E-state index < -0.39 is 5.97 Å². The molecule has 0 aliphatic heterocycles. The summed E-state index contributed by atoms with van der Waals surface area (Å²) in [5.74, 6) is -0.953. The van der Waals surface area contributed by atoms with Crippen molar-refractivity contribution < 1.29 is 9.90 Å². The number of hydrogen-bond acceptors (Lipinski definition) is 4. The van der Waals surface area contributed by atoms with Crippen LogP contribution in [0.1, 0.15) is 15.9 Å². The van der Waals surface area contributed by atoms with Crippen LogP contribution in [0.2, 0.25) is 0 Å². The summed E-state index contributed by atoms with van der Waals surface area (Å²) in [4.78, 5) is 13.5. The van der Waals surface area contributed by atoms with Crippen molar-refractivity contribution in [2.24, 2.45) is 0 Å². The van der Waals surface area contributed by atoms with Crippen molar-refractivity contribution in [1.29, 1.82) is 5.26 Å². The van der Waals surface area contributed by atoms with E-state index in [-0.39, 0.29) is 5.56 Å². The maximum Gasteiger partial charge on any atom is 0.335 e. The van der Waals surface area contributed by atoms with E-state index in [1.54, 1.807) is 18.2 Å². The minimum absolute atomic E-state index is 0.245. The number of hydrogen-bond donors (Lipinski definition) is 1. The monoisotopic (exact) mass is 301 g/mol. The SMILES string of the molecule is CSc1cccc(Sc2cccc(C(=O)O)c2)c1C#N. The lowest BCUT2D eigenvalue weighted by atomic mass is 10.2. The van der Waals surface area contributed by atoms with Gasteiger partial charge in [-0.2, -0.15) is 5.26 Å². The van der Waals surface area contributed by atoms with Crippen molar-refractivity contribution >= 4 is 29.5 Å². The Labute approximate surface area is 125 Å². The summed E-state index contributed by atoms with van der Waals surface area (Å²) < 4.78 is 0. The van der Waals surface area contributed by atoms with Crippen LogP contribution in [0.15, 0.2) is 57.2 Å². The number of rotatable bonds is 4. The van der Waals surface area contributed by atoms with Crippen molar-refractivity contribution in [3.63, 3.8) is 0 Å². The van der Waals surface area contributed by atoms with E-state index >= 15 is 0 Å². The van der Waals surface area contributed by atoms with E-state index in [1.807, 2.05) is 30.5 Å². The highest BCUT2D eigenvalue weighted by Gasteiger charge is 2.10. The minimum atomic E-state index is -0.953. The maximum absolute atomic E-state index is 11.0. The first kappa shape index (κ1) is 14.5. The van der Waals surface area contributed by atoms with Crippen LogP contribution in [0.25, 0.3) is 0 Å². The van der Waals surface area contributed by atoms with E-state index in [4.69, 9.17) is 5.11 Å². The zero-order valence-corrected chi connectivity index (χ0v) is 12.3. The molecule has 1 N–H and O–H groups in total. The molecule has 3 nitrogen and oxygen atoms in total. The molecule has 0 aliphatic rings. The third kappa shape index (κ3) is 3.16. The second-order valence-electron chi connectivity index (χ2n) is 3.88. The molecule has 0 aliphatic carbocycles. The summed E-state index contributed by atoms with van der Waals surface area (Å²) in [6.07, 6.45) is 1.93. The van der Waals surface area contributed by atoms with Crippen LogP contribution in [0, 0.1) is 11.3 Å². The average Bonchev–Trinajstić information content (AvgIpc) is 2.47. The molecule has 0 amide bonds. The van der Waals surface area contributed by atoms with Gasteiger partial charge in [0.05, 0.1) is 11.1 Å². The first-order valence-corrected chi connectivity index (χ1v) is 7.78. The molecule has 0 saturated carbocycles. The lowest BCUT2D eigenvalue weighted by Crippen LogP contribution is -1.95.